The highest BCUT2D eigenvalue weighted by atomic mass is 79.9. The van der Waals surface area contributed by atoms with E-state index in [0.717, 1.165) is 15.4 Å². The number of sulfonamides is 1. The molecule has 0 aliphatic heterocycles. The van der Waals surface area contributed by atoms with E-state index in [2.05, 4.69) is 25.6 Å². The number of halogens is 2. The van der Waals surface area contributed by atoms with Gasteiger partial charge in [0.15, 0.2) is 0 Å². The Morgan fingerprint density at radius 3 is 2.71 bits per heavy atom. The van der Waals surface area contributed by atoms with Crippen LogP contribution in [0.15, 0.2) is 58.0 Å². The maximum absolute atomic E-state index is 12.5. The van der Waals surface area contributed by atoms with E-state index < -0.39 is 10.0 Å². The van der Waals surface area contributed by atoms with E-state index in [4.69, 9.17) is 11.6 Å². The smallest absolute Gasteiger partial charge is 0.263 e. The lowest BCUT2D eigenvalue weighted by Gasteiger charge is -2.10. The Labute approximate surface area is 135 Å². The molecule has 21 heavy (non-hydrogen) atoms. The molecule has 0 aliphatic carbocycles. The fourth-order valence-electron chi connectivity index (χ4n) is 2.07. The molecule has 108 valence electrons. The molecule has 4 nitrogen and oxygen atoms in total. The Kier molecular flexibility index (Phi) is 3.69. The van der Waals surface area contributed by atoms with Crippen molar-refractivity contribution in [2.45, 2.75) is 4.90 Å². The second kappa shape index (κ2) is 5.36. The Hall–Kier alpha value is -1.50. The lowest BCUT2D eigenvalue weighted by molar-refractivity contribution is 0.601. The number of hydrogen-bond donors (Lipinski definition) is 2. The average Bonchev–Trinajstić information content (AvgIpc) is 2.87. The quantitative estimate of drug-likeness (QED) is 0.702. The summed E-state index contributed by atoms with van der Waals surface area (Å²) in [6, 6.07) is 11.8. The highest BCUT2D eigenvalue weighted by molar-refractivity contribution is 9.10. The summed E-state index contributed by atoms with van der Waals surface area (Å²) in [5.41, 5.74) is 1.37. The maximum atomic E-state index is 12.5. The van der Waals surface area contributed by atoms with Gasteiger partial charge in [-0.15, -0.1) is 0 Å². The molecule has 1 aromatic heterocycles. The highest BCUT2D eigenvalue weighted by Gasteiger charge is 2.19. The molecule has 0 atom stereocenters. The predicted octanol–water partition coefficient (Wildman–Crippen LogP) is 4.38. The number of benzene rings is 2. The minimum absolute atomic E-state index is 0.0416. The van der Waals surface area contributed by atoms with Gasteiger partial charge in [0.1, 0.15) is 4.90 Å². The zero-order valence-corrected chi connectivity index (χ0v) is 13.8. The third-order valence-electron chi connectivity index (χ3n) is 3.02. The van der Waals surface area contributed by atoms with Crippen molar-refractivity contribution in [2.24, 2.45) is 0 Å². The number of aromatic nitrogens is 1. The third kappa shape index (κ3) is 2.79. The van der Waals surface area contributed by atoms with E-state index >= 15 is 0 Å². The number of aromatic amines is 1. The molecule has 3 aromatic rings. The Morgan fingerprint density at radius 2 is 1.95 bits per heavy atom. The van der Waals surface area contributed by atoms with E-state index in [1.807, 2.05) is 12.1 Å². The minimum atomic E-state index is -3.75. The fraction of sp³-hybridized carbons (Fsp3) is 0. The number of hydrogen-bond acceptors (Lipinski definition) is 2. The van der Waals surface area contributed by atoms with Crippen LogP contribution in [0, 0.1) is 0 Å². The van der Waals surface area contributed by atoms with Gasteiger partial charge in [-0.1, -0.05) is 33.6 Å². The molecule has 0 bridgehead atoms. The molecule has 0 aliphatic rings. The van der Waals surface area contributed by atoms with Crippen LogP contribution in [0.2, 0.25) is 5.02 Å². The number of fused-ring (bicyclic) bond motifs is 1. The SMILES string of the molecule is O=S(=O)(Nc1cccc2[nH]ccc12)c1ccc(Br)cc1Cl. The Bertz CT molecular complexity index is 922. The first-order valence-electron chi connectivity index (χ1n) is 6.01. The first kappa shape index (κ1) is 14.4. The molecule has 0 amide bonds. The summed E-state index contributed by atoms with van der Waals surface area (Å²) >= 11 is 9.28. The fourth-order valence-corrected chi connectivity index (χ4v) is 4.19. The number of anilines is 1. The van der Waals surface area contributed by atoms with Crippen molar-refractivity contribution in [3.05, 3.63) is 58.2 Å². The van der Waals surface area contributed by atoms with Gasteiger partial charge in [-0.3, -0.25) is 4.72 Å². The summed E-state index contributed by atoms with van der Waals surface area (Å²) < 4.78 is 28.3. The number of rotatable bonds is 3. The summed E-state index contributed by atoms with van der Waals surface area (Å²) in [4.78, 5) is 3.08. The molecule has 7 heteroatoms. The topological polar surface area (TPSA) is 62.0 Å². The molecule has 0 saturated heterocycles. The van der Waals surface area contributed by atoms with Gasteiger partial charge in [0, 0.05) is 21.6 Å². The van der Waals surface area contributed by atoms with Gasteiger partial charge < -0.3 is 4.98 Å². The normalized spacial score (nSPS) is 11.7. The molecule has 2 aromatic carbocycles. The zero-order valence-electron chi connectivity index (χ0n) is 10.6. The van der Waals surface area contributed by atoms with Crippen molar-refractivity contribution >= 4 is 54.1 Å². The van der Waals surface area contributed by atoms with E-state index in [1.54, 1.807) is 30.5 Å². The van der Waals surface area contributed by atoms with Crippen LogP contribution in [0.1, 0.15) is 0 Å². The van der Waals surface area contributed by atoms with Crippen molar-refractivity contribution in [1.82, 2.24) is 4.98 Å². The van der Waals surface area contributed by atoms with Crippen LogP contribution in [-0.2, 0) is 10.0 Å². The zero-order chi connectivity index (χ0) is 15.0. The van der Waals surface area contributed by atoms with Gasteiger partial charge >= 0.3 is 0 Å². The van der Waals surface area contributed by atoms with Gasteiger partial charge in [0.05, 0.1) is 10.7 Å². The third-order valence-corrected chi connectivity index (χ3v) is 5.36. The van der Waals surface area contributed by atoms with Crippen LogP contribution >= 0.6 is 27.5 Å². The van der Waals surface area contributed by atoms with E-state index in [1.165, 1.54) is 6.07 Å². The molecule has 0 saturated carbocycles. The van der Waals surface area contributed by atoms with Crippen LogP contribution < -0.4 is 4.72 Å². The van der Waals surface area contributed by atoms with Crippen molar-refractivity contribution in [3.63, 3.8) is 0 Å². The molecule has 0 spiro atoms. The summed E-state index contributed by atoms with van der Waals surface area (Å²) in [6.07, 6.45) is 1.76. The lowest BCUT2D eigenvalue weighted by Crippen LogP contribution is -2.13. The predicted molar refractivity (Wildman–Crippen MR) is 88.3 cm³/mol. The molecular formula is C14H10BrClN2O2S. The summed E-state index contributed by atoms with van der Waals surface area (Å²) in [6.45, 7) is 0. The second-order valence-corrected chi connectivity index (χ2v) is 7.40. The molecular weight excluding hydrogens is 376 g/mol. The van der Waals surface area contributed by atoms with Gasteiger partial charge in [0.25, 0.3) is 10.0 Å². The second-order valence-electron chi connectivity index (χ2n) is 4.42. The van der Waals surface area contributed by atoms with Gasteiger partial charge in [0.2, 0.25) is 0 Å². The molecule has 1 heterocycles. The molecule has 0 radical (unpaired) electrons. The largest absolute Gasteiger partial charge is 0.361 e. The number of H-pyrrole nitrogens is 1. The summed E-state index contributed by atoms with van der Waals surface area (Å²) in [5, 5.41) is 0.965. The lowest BCUT2D eigenvalue weighted by atomic mass is 10.2. The molecule has 2 N–H and O–H groups in total. The molecule has 3 rings (SSSR count). The van der Waals surface area contributed by atoms with E-state index in [9.17, 15) is 8.42 Å². The van der Waals surface area contributed by atoms with Crippen molar-refractivity contribution in [3.8, 4) is 0 Å². The van der Waals surface area contributed by atoms with Crippen molar-refractivity contribution < 1.29 is 8.42 Å². The maximum Gasteiger partial charge on any atom is 0.263 e. The van der Waals surface area contributed by atoms with Gasteiger partial charge in [-0.05, 0) is 36.4 Å². The minimum Gasteiger partial charge on any atom is -0.361 e. The highest BCUT2D eigenvalue weighted by Crippen LogP contribution is 2.29. The molecule has 0 fully saturated rings. The number of nitrogens with one attached hydrogen (secondary N) is 2. The van der Waals surface area contributed by atoms with Crippen LogP contribution in [0.3, 0.4) is 0 Å². The average molecular weight is 386 g/mol. The van der Waals surface area contributed by atoms with E-state index in [-0.39, 0.29) is 9.92 Å². The van der Waals surface area contributed by atoms with Crippen LogP contribution in [-0.4, -0.2) is 13.4 Å². The Morgan fingerprint density at radius 1 is 1.14 bits per heavy atom. The van der Waals surface area contributed by atoms with Crippen LogP contribution in [0.5, 0.6) is 0 Å². The monoisotopic (exact) mass is 384 g/mol. The Balaban J connectivity index is 2.05. The summed E-state index contributed by atoms with van der Waals surface area (Å²) in [5.74, 6) is 0. The van der Waals surface area contributed by atoms with Gasteiger partial charge in [-0.25, -0.2) is 8.42 Å². The first-order chi connectivity index (χ1) is 9.97. The summed E-state index contributed by atoms with van der Waals surface area (Å²) in [7, 11) is -3.75. The van der Waals surface area contributed by atoms with Crippen LogP contribution in [0.25, 0.3) is 10.9 Å². The standard InChI is InChI=1S/C14H10BrClN2O2S/c15-9-4-5-14(11(16)8-9)21(19,20)18-13-3-1-2-12-10(13)6-7-17-12/h1-8,17-18H. The first-order valence-corrected chi connectivity index (χ1v) is 8.67. The van der Waals surface area contributed by atoms with Crippen molar-refractivity contribution in [2.75, 3.05) is 4.72 Å². The van der Waals surface area contributed by atoms with Crippen molar-refractivity contribution in [1.29, 1.82) is 0 Å². The van der Waals surface area contributed by atoms with Gasteiger partial charge in [-0.2, -0.15) is 0 Å². The molecule has 0 unspecified atom stereocenters. The van der Waals surface area contributed by atoms with E-state index in [0.29, 0.717) is 5.69 Å². The van der Waals surface area contributed by atoms with Crippen LogP contribution in [0.4, 0.5) is 5.69 Å².